The maximum absolute atomic E-state index is 5.76. The molecule has 0 bridgehead atoms. The largest absolute Gasteiger partial charge is 0.313 e. The van der Waals surface area contributed by atoms with E-state index in [1.807, 2.05) is 0 Å². The number of alkyl halides is 1. The third-order valence-corrected chi connectivity index (χ3v) is 3.52. The summed E-state index contributed by atoms with van der Waals surface area (Å²) in [6, 6.07) is 8.53. The molecule has 0 heterocycles. The predicted octanol–water partition coefficient (Wildman–Crippen LogP) is 4.88. The van der Waals surface area contributed by atoms with Crippen LogP contribution in [0.15, 0.2) is 24.3 Å². The highest BCUT2D eigenvalue weighted by Crippen LogP contribution is 2.07. The van der Waals surface area contributed by atoms with Crippen molar-refractivity contribution in [1.29, 1.82) is 0 Å². The van der Waals surface area contributed by atoms with Gasteiger partial charge in [-0.1, -0.05) is 63.3 Å². The number of benzene rings is 1. The first-order valence-corrected chi connectivity index (χ1v) is 7.74. The van der Waals surface area contributed by atoms with Gasteiger partial charge in [0.25, 0.3) is 0 Å². The molecule has 18 heavy (non-hydrogen) atoms. The average Bonchev–Trinajstić information content (AvgIpc) is 2.42. The molecular weight excluding hydrogens is 242 g/mol. The van der Waals surface area contributed by atoms with Crippen molar-refractivity contribution in [2.75, 3.05) is 6.54 Å². The molecule has 0 aliphatic heterocycles. The van der Waals surface area contributed by atoms with Gasteiger partial charge in [-0.15, -0.1) is 11.6 Å². The quantitative estimate of drug-likeness (QED) is 0.471. The molecule has 0 atom stereocenters. The summed E-state index contributed by atoms with van der Waals surface area (Å²) in [7, 11) is 0. The number of nitrogens with one attached hydrogen (secondary N) is 1. The van der Waals surface area contributed by atoms with E-state index in [0.29, 0.717) is 5.88 Å². The summed E-state index contributed by atoms with van der Waals surface area (Å²) in [4.78, 5) is 0. The molecule has 0 saturated heterocycles. The third-order valence-electron chi connectivity index (χ3n) is 3.21. The third kappa shape index (κ3) is 7.03. The minimum atomic E-state index is 0.603. The first kappa shape index (κ1) is 15.5. The lowest BCUT2D eigenvalue weighted by Gasteiger charge is -2.05. The molecule has 1 aromatic carbocycles. The van der Waals surface area contributed by atoms with Crippen LogP contribution in [0.1, 0.15) is 56.6 Å². The van der Waals surface area contributed by atoms with Crippen molar-refractivity contribution in [1.82, 2.24) is 5.32 Å². The Labute approximate surface area is 117 Å². The summed E-state index contributed by atoms with van der Waals surface area (Å²) in [5, 5.41) is 3.50. The summed E-state index contributed by atoms with van der Waals surface area (Å²) in [6.45, 7) is 4.36. The molecule has 0 aliphatic rings. The fraction of sp³-hybridized carbons (Fsp3) is 0.625. The number of unbranched alkanes of at least 4 members (excludes halogenated alkanes) is 5. The highest BCUT2D eigenvalue weighted by Gasteiger charge is 1.94. The van der Waals surface area contributed by atoms with Crippen LogP contribution >= 0.6 is 11.6 Å². The maximum atomic E-state index is 5.76. The van der Waals surface area contributed by atoms with Crippen LogP contribution in [0.3, 0.4) is 0 Å². The van der Waals surface area contributed by atoms with Crippen LogP contribution in [0.2, 0.25) is 0 Å². The van der Waals surface area contributed by atoms with E-state index in [-0.39, 0.29) is 0 Å². The van der Waals surface area contributed by atoms with Crippen LogP contribution in [0.4, 0.5) is 0 Å². The number of halogens is 1. The Balaban J connectivity index is 2.00. The topological polar surface area (TPSA) is 12.0 Å². The van der Waals surface area contributed by atoms with Crippen molar-refractivity contribution in [3.63, 3.8) is 0 Å². The van der Waals surface area contributed by atoms with Gasteiger partial charge in [0, 0.05) is 12.4 Å². The van der Waals surface area contributed by atoms with E-state index in [0.717, 1.165) is 13.1 Å². The van der Waals surface area contributed by atoms with Crippen molar-refractivity contribution in [3.05, 3.63) is 35.4 Å². The monoisotopic (exact) mass is 267 g/mol. The van der Waals surface area contributed by atoms with Gasteiger partial charge in [0.15, 0.2) is 0 Å². The average molecular weight is 268 g/mol. The zero-order chi connectivity index (χ0) is 13.1. The molecule has 102 valence electrons. The molecular formula is C16H26ClN. The molecule has 1 aromatic rings. The molecule has 1 rings (SSSR count). The van der Waals surface area contributed by atoms with Crippen LogP contribution in [-0.4, -0.2) is 6.54 Å². The van der Waals surface area contributed by atoms with Crippen molar-refractivity contribution in [2.24, 2.45) is 0 Å². The first-order valence-electron chi connectivity index (χ1n) is 7.21. The lowest BCUT2D eigenvalue weighted by molar-refractivity contribution is 0.572. The fourth-order valence-corrected chi connectivity index (χ4v) is 2.19. The Morgan fingerprint density at radius 1 is 0.889 bits per heavy atom. The van der Waals surface area contributed by atoms with Crippen molar-refractivity contribution < 1.29 is 0 Å². The lowest BCUT2D eigenvalue weighted by Crippen LogP contribution is -2.14. The molecule has 0 aromatic heterocycles. The number of hydrogen-bond donors (Lipinski definition) is 1. The molecule has 1 N–H and O–H groups in total. The summed E-state index contributed by atoms with van der Waals surface area (Å²) >= 11 is 5.76. The van der Waals surface area contributed by atoms with Gasteiger partial charge in [-0.25, -0.2) is 0 Å². The molecule has 1 nitrogen and oxygen atoms in total. The second kappa shape index (κ2) is 10.4. The maximum Gasteiger partial charge on any atom is 0.0474 e. The Kier molecular flexibility index (Phi) is 8.97. The van der Waals surface area contributed by atoms with Gasteiger partial charge in [0.1, 0.15) is 0 Å². The van der Waals surface area contributed by atoms with Gasteiger partial charge in [-0.2, -0.15) is 0 Å². The zero-order valence-electron chi connectivity index (χ0n) is 11.6. The summed E-state index contributed by atoms with van der Waals surface area (Å²) in [6.07, 6.45) is 8.16. The van der Waals surface area contributed by atoms with E-state index < -0.39 is 0 Å². The minimum absolute atomic E-state index is 0.603. The second-order valence-electron chi connectivity index (χ2n) is 4.89. The van der Waals surface area contributed by atoms with E-state index in [9.17, 15) is 0 Å². The predicted molar refractivity (Wildman–Crippen MR) is 81.1 cm³/mol. The van der Waals surface area contributed by atoms with E-state index >= 15 is 0 Å². The normalized spacial score (nSPS) is 10.8. The van der Waals surface area contributed by atoms with Crippen LogP contribution in [0.25, 0.3) is 0 Å². The summed E-state index contributed by atoms with van der Waals surface area (Å²) in [5.74, 6) is 0.603. The van der Waals surface area contributed by atoms with E-state index in [1.165, 1.54) is 49.7 Å². The van der Waals surface area contributed by atoms with Crippen LogP contribution in [-0.2, 0) is 12.4 Å². The van der Waals surface area contributed by atoms with E-state index in [2.05, 4.69) is 36.5 Å². The zero-order valence-corrected chi connectivity index (χ0v) is 12.3. The highest BCUT2D eigenvalue weighted by atomic mass is 35.5. The lowest BCUT2D eigenvalue weighted by atomic mass is 10.1. The molecule has 0 saturated carbocycles. The SMILES string of the molecule is CCCCCCCCNCc1ccc(CCl)cc1. The molecule has 0 amide bonds. The van der Waals surface area contributed by atoms with E-state index in [1.54, 1.807) is 0 Å². The van der Waals surface area contributed by atoms with Crippen LogP contribution < -0.4 is 5.32 Å². The van der Waals surface area contributed by atoms with Gasteiger partial charge < -0.3 is 5.32 Å². The molecule has 0 aliphatic carbocycles. The minimum Gasteiger partial charge on any atom is -0.313 e. The summed E-state index contributed by atoms with van der Waals surface area (Å²) in [5.41, 5.74) is 2.53. The molecule has 0 fully saturated rings. The fourth-order valence-electron chi connectivity index (χ4n) is 2.01. The first-order chi connectivity index (χ1) is 8.86. The van der Waals surface area contributed by atoms with Gasteiger partial charge in [-0.3, -0.25) is 0 Å². The molecule has 0 radical (unpaired) electrons. The van der Waals surface area contributed by atoms with Crippen LogP contribution in [0.5, 0.6) is 0 Å². The number of rotatable bonds is 10. The van der Waals surface area contributed by atoms with Crippen molar-refractivity contribution >= 4 is 11.6 Å². The van der Waals surface area contributed by atoms with Gasteiger partial charge in [0.2, 0.25) is 0 Å². The Hall–Kier alpha value is -0.530. The van der Waals surface area contributed by atoms with Crippen molar-refractivity contribution in [3.8, 4) is 0 Å². The summed E-state index contributed by atoms with van der Waals surface area (Å²) < 4.78 is 0. The van der Waals surface area contributed by atoms with E-state index in [4.69, 9.17) is 11.6 Å². The molecule has 0 spiro atoms. The molecule has 2 heteroatoms. The Bertz CT molecular complexity index is 294. The van der Waals surface area contributed by atoms with Crippen LogP contribution in [0, 0.1) is 0 Å². The molecule has 0 unspecified atom stereocenters. The van der Waals surface area contributed by atoms with Gasteiger partial charge in [0.05, 0.1) is 0 Å². The van der Waals surface area contributed by atoms with Gasteiger partial charge >= 0.3 is 0 Å². The van der Waals surface area contributed by atoms with Crippen molar-refractivity contribution in [2.45, 2.75) is 57.9 Å². The highest BCUT2D eigenvalue weighted by molar-refractivity contribution is 6.17. The second-order valence-corrected chi connectivity index (χ2v) is 5.16. The standard InChI is InChI=1S/C16H26ClN/c1-2-3-4-5-6-7-12-18-14-16-10-8-15(13-17)9-11-16/h8-11,18H,2-7,12-14H2,1H3. The Morgan fingerprint density at radius 2 is 1.50 bits per heavy atom. The smallest absolute Gasteiger partial charge is 0.0474 e. The van der Waals surface area contributed by atoms with Gasteiger partial charge in [-0.05, 0) is 24.1 Å². The Morgan fingerprint density at radius 3 is 2.17 bits per heavy atom. The number of hydrogen-bond acceptors (Lipinski definition) is 1.